The summed E-state index contributed by atoms with van der Waals surface area (Å²) in [5.41, 5.74) is 0.523. The first-order valence-corrected chi connectivity index (χ1v) is 11.7. The number of hydrogen-bond acceptors (Lipinski definition) is 11. The molecule has 6 heterocycles. The first-order chi connectivity index (χ1) is 16.9. The van der Waals surface area contributed by atoms with Gasteiger partial charge in [-0.1, -0.05) is 0 Å². The standard InChI is InChI=1S/C22H26N8O5/c1-13-15(9-35-19(13)32)22-10-21(2-3-23-20(21)33)4-14(8-34-11-22)29(22)7-17(31)16-5-25-18(6-24-16)30-12-26-27-28-30/h5-6,12,14,17,31H,2-4,7-11H2,1H3,(H,23,33). The third-order valence-electron chi connectivity index (χ3n) is 7.89. The van der Waals surface area contributed by atoms with Gasteiger partial charge in [-0.25, -0.2) is 9.78 Å². The Morgan fingerprint density at radius 1 is 1.31 bits per heavy atom. The molecule has 0 radical (unpaired) electrons. The largest absolute Gasteiger partial charge is 0.458 e. The molecule has 3 fully saturated rings. The van der Waals surface area contributed by atoms with Crippen LogP contribution in [-0.2, 0) is 19.1 Å². The normalized spacial score (nSPS) is 31.7. The minimum Gasteiger partial charge on any atom is -0.458 e. The summed E-state index contributed by atoms with van der Waals surface area (Å²) in [6.45, 7) is 3.56. The van der Waals surface area contributed by atoms with E-state index < -0.39 is 17.1 Å². The number of carbonyl (C=O) groups is 2. The highest BCUT2D eigenvalue weighted by Gasteiger charge is 2.61. The number of fused-ring (bicyclic) bond motifs is 2. The number of nitrogens with one attached hydrogen (secondary N) is 1. The Hall–Kier alpha value is -3.29. The van der Waals surface area contributed by atoms with E-state index in [-0.39, 0.29) is 31.1 Å². The van der Waals surface area contributed by atoms with Gasteiger partial charge in [0.25, 0.3) is 0 Å². The predicted molar refractivity (Wildman–Crippen MR) is 117 cm³/mol. The first-order valence-electron chi connectivity index (χ1n) is 11.7. The van der Waals surface area contributed by atoms with E-state index in [1.165, 1.54) is 23.4 Å². The minimum atomic E-state index is -0.948. The van der Waals surface area contributed by atoms with Crippen molar-refractivity contribution in [2.24, 2.45) is 5.41 Å². The Bertz CT molecular complexity index is 1180. The fraction of sp³-hybridized carbons (Fsp3) is 0.591. The number of tetrazole rings is 1. The maximum Gasteiger partial charge on any atom is 0.334 e. The SMILES string of the molecule is CC1=C(C23COCC(CC4(CCNC4=O)C2)N3CC(O)c2cnc(-n3cnnn3)cn2)COC1=O. The van der Waals surface area contributed by atoms with Crippen LogP contribution in [0.25, 0.3) is 5.82 Å². The first kappa shape index (κ1) is 22.2. The second-order valence-electron chi connectivity index (χ2n) is 9.77. The Labute approximate surface area is 200 Å². The van der Waals surface area contributed by atoms with Gasteiger partial charge in [-0.3, -0.25) is 14.7 Å². The van der Waals surface area contributed by atoms with Gasteiger partial charge >= 0.3 is 5.97 Å². The van der Waals surface area contributed by atoms with E-state index in [0.29, 0.717) is 49.7 Å². The second kappa shape index (κ2) is 8.14. The summed E-state index contributed by atoms with van der Waals surface area (Å²) in [5, 5.41) is 25.2. The third kappa shape index (κ3) is 3.45. The second-order valence-corrected chi connectivity index (χ2v) is 9.77. The number of aliphatic hydroxyl groups is 1. The van der Waals surface area contributed by atoms with Crippen molar-refractivity contribution >= 4 is 11.9 Å². The summed E-state index contributed by atoms with van der Waals surface area (Å²) in [5.74, 6) is 0.139. The van der Waals surface area contributed by atoms with E-state index in [4.69, 9.17) is 9.47 Å². The molecule has 2 aromatic heterocycles. The number of nitrogens with zero attached hydrogens (tertiary/aromatic N) is 7. The van der Waals surface area contributed by atoms with Gasteiger partial charge in [-0.05, 0) is 42.2 Å². The molecule has 13 nitrogen and oxygen atoms in total. The lowest BCUT2D eigenvalue weighted by molar-refractivity contribution is -0.168. The molecular formula is C22H26N8O5. The highest BCUT2D eigenvalue weighted by atomic mass is 16.5. The van der Waals surface area contributed by atoms with Crippen LogP contribution in [0, 0.1) is 5.41 Å². The molecule has 0 saturated carbocycles. The summed E-state index contributed by atoms with van der Waals surface area (Å²) in [6.07, 6.45) is 5.33. The predicted octanol–water partition coefficient (Wildman–Crippen LogP) is -0.901. The van der Waals surface area contributed by atoms with Crippen molar-refractivity contribution in [1.29, 1.82) is 0 Å². The lowest BCUT2D eigenvalue weighted by Crippen LogP contribution is -2.70. The molecule has 2 N–H and O–H groups in total. The molecule has 4 aliphatic rings. The van der Waals surface area contributed by atoms with Gasteiger partial charge in [0.2, 0.25) is 5.91 Å². The summed E-state index contributed by atoms with van der Waals surface area (Å²) in [6, 6.07) is -0.111. The molecule has 13 heteroatoms. The van der Waals surface area contributed by atoms with Gasteiger partial charge in [0.1, 0.15) is 19.0 Å². The van der Waals surface area contributed by atoms with Crippen molar-refractivity contribution in [2.75, 3.05) is 32.9 Å². The molecule has 0 aliphatic carbocycles. The molecule has 4 aliphatic heterocycles. The van der Waals surface area contributed by atoms with Crippen molar-refractivity contribution < 1.29 is 24.2 Å². The Kier molecular flexibility index (Phi) is 5.16. The molecule has 4 unspecified atom stereocenters. The van der Waals surface area contributed by atoms with E-state index >= 15 is 0 Å². The van der Waals surface area contributed by atoms with Crippen LogP contribution in [0.1, 0.15) is 38.0 Å². The number of aliphatic hydroxyl groups excluding tert-OH is 1. The number of esters is 1. The van der Waals surface area contributed by atoms with Crippen molar-refractivity contribution in [3.05, 3.63) is 35.6 Å². The average molecular weight is 483 g/mol. The van der Waals surface area contributed by atoms with Crippen LogP contribution in [0.4, 0.5) is 0 Å². The van der Waals surface area contributed by atoms with Crippen molar-refractivity contribution in [1.82, 2.24) is 40.4 Å². The lowest BCUT2D eigenvalue weighted by atomic mass is 9.62. The van der Waals surface area contributed by atoms with Gasteiger partial charge < -0.3 is 19.9 Å². The molecule has 35 heavy (non-hydrogen) atoms. The molecule has 2 bridgehead atoms. The van der Waals surface area contributed by atoms with E-state index in [1.807, 2.05) is 0 Å². The van der Waals surface area contributed by atoms with Crippen LogP contribution < -0.4 is 5.32 Å². The fourth-order valence-corrected chi connectivity index (χ4v) is 6.19. The smallest absolute Gasteiger partial charge is 0.334 e. The Morgan fingerprint density at radius 3 is 2.86 bits per heavy atom. The number of aromatic nitrogens is 6. The number of morpholine rings is 1. The van der Waals surface area contributed by atoms with Gasteiger partial charge in [0.05, 0.1) is 42.3 Å². The van der Waals surface area contributed by atoms with Crippen LogP contribution in [0.2, 0.25) is 0 Å². The molecule has 6 rings (SSSR count). The number of β-amino-alcohol motifs (C(OH)–C–C–N with tert-alkyl or cyclic N) is 1. The summed E-state index contributed by atoms with van der Waals surface area (Å²) < 4.78 is 12.8. The Balaban J connectivity index is 1.34. The van der Waals surface area contributed by atoms with E-state index in [1.54, 1.807) is 6.92 Å². The van der Waals surface area contributed by atoms with Crippen LogP contribution >= 0.6 is 0 Å². The molecule has 184 valence electrons. The number of carbonyl (C=O) groups excluding carboxylic acids is 2. The maximum absolute atomic E-state index is 13.0. The zero-order chi connectivity index (χ0) is 24.2. The van der Waals surface area contributed by atoms with Crippen LogP contribution in [-0.4, -0.2) is 96.5 Å². The van der Waals surface area contributed by atoms with Gasteiger partial charge in [0, 0.05) is 24.7 Å². The number of ether oxygens (including phenoxy) is 2. The van der Waals surface area contributed by atoms with E-state index in [9.17, 15) is 14.7 Å². The molecule has 3 saturated heterocycles. The summed E-state index contributed by atoms with van der Waals surface area (Å²) >= 11 is 0. The number of piperidine rings is 1. The van der Waals surface area contributed by atoms with Crippen LogP contribution in [0.15, 0.2) is 29.9 Å². The highest BCUT2D eigenvalue weighted by Crippen LogP contribution is 2.53. The fourth-order valence-electron chi connectivity index (χ4n) is 6.19. The van der Waals surface area contributed by atoms with Crippen molar-refractivity contribution in [2.45, 2.75) is 43.9 Å². The maximum atomic E-state index is 13.0. The van der Waals surface area contributed by atoms with Crippen LogP contribution in [0.5, 0.6) is 0 Å². The topological polar surface area (TPSA) is 157 Å². The molecule has 1 spiro atoms. The average Bonchev–Trinajstić information content (AvgIpc) is 3.58. The van der Waals surface area contributed by atoms with Crippen molar-refractivity contribution in [3.63, 3.8) is 0 Å². The molecular weight excluding hydrogens is 456 g/mol. The Morgan fingerprint density at radius 2 is 2.20 bits per heavy atom. The van der Waals surface area contributed by atoms with Crippen LogP contribution in [0.3, 0.4) is 0 Å². The van der Waals surface area contributed by atoms with Gasteiger partial charge in [-0.2, -0.15) is 4.68 Å². The minimum absolute atomic E-state index is 0.0570. The third-order valence-corrected chi connectivity index (χ3v) is 7.89. The number of hydrogen-bond donors (Lipinski definition) is 2. The van der Waals surface area contributed by atoms with Gasteiger partial charge in [0.15, 0.2) is 5.82 Å². The molecule has 0 aromatic carbocycles. The number of amides is 1. The van der Waals surface area contributed by atoms with Gasteiger partial charge in [-0.15, -0.1) is 5.10 Å². The zero-order valence-corrected chi connectivity index (χ0v) is 19.3. The van der Waals surface area contributed by atoms with E-state index in [0.717, 1.165) is 12.0 Å². The highest BCUT2D eigenvalue weighted by molar-refractivity contribution is 5.92. The quantitative estimate of drug-likeness (QED) is 0.509. The molecule has 1 amide bonds. The van der Waals surface area contributed by atoms with Crippen molar-refractivity contribution in [3.8, 4) is 5.82 Å². The number of cyclic esters (lactones) is 1. The number of rotatable bonds is 5. The monoisotopic (exact) mass is 482 g/mol. The summed E-state index contributed by atoms with van der Waals surface area (Å²) in [4.78, 5) is 36.2. The summed E-state index contributed by atoms with van der Waals surface area (Å²) in [7, 11) is 0. The molecule has 4 atom stereocenters. The van der Waals surface area contributed by atoms with E-state index in [2.05, 4.69) is 35.7 Å². The lowest BCUT2D eigenvalue weighted by Gasteiger charge is -2.59. The molecule has 2 aromatic rings. The zero-order valence-electron chi connectivity index (χ0n) is 19.3.